The first-order valence-electron chi connectivity index (χ1n) is 7.62. The number of ketones is 1. The molecule has 0 aliphatic heterocycles. The van der Waals surface area contributed by atoms with Gasteiger partial charge in [0.2, 0.25) is 0 Å². The highest BCUT2D eigenvalue weighted by molar-refractivity contribution is 6.02. The molecule has 23 heavy (non-hydrogen) atoms. The van der Waals surface area contributed by atoms with E-state index in [0.29, 0.717) is 30.5 Å². The van der Waals surface area contributed by atoms with Crippen molar-refractivity contribution in [2.45, 2.75) is 45.6 Å². The summed E-state index contributed by atoms with van der Waals surface area (Å²) >= 11 is 0. The molecule has 0 fully saturated rings. The number of rotatable bonds is 5. The molecule has 1 aliphatic carbocycles. The molecule has 0 saturated heterocycles. The molecule has 0 spiro atoms. The molecule has 1 atom stereocenters. The van der Waals surface area contributed by atoms with Crippen LogP contribution in [0.2, 0.25) is 0 Å². The smallest absolute Gasteiger partial charge is 0.326 e. The van der Waals surface area contributed by atoms with E-state index >= 15 is 0 Å². The topological polar surface area (TPSA) is 116 Å². The van der Waals surface area contributed by atoms with Gasteiger partial charge in [-0.3, -0.25) is 14.4 Å². The quantitative estimate of drug-likeness (QED) is 0.752. The molecule has 1 amide bonds. The van der Waals surface area contributed by atoms with Gasteiger partial charge in [0.25, 0.3) is 11.5 Å². The van der Waals surface area contributed by atoms with Gasteiger partial charge in [-0.2, -0.15) is 0 Å². The van der Waals surface area contributed by atoms with Gasteiger partial charge in [0, 0.05) is 17.7 Å². The molecule has 3 N–H and O–H groups in total. The first-order valence-corrected chi connectivity index (χ1v) is 7.62. The lowest BCUT2D eigenvalue weighted by atomic mass is 9.93. The second kappa shape index (κ2) is 6.76. The van der Waals surface area contributed by atoms with E-state index in [1.807, 2.05) is 13.8 Å². The number of hydrogen-bond acceptors (Lipinski definition) is 4. The number of amides is 1. The Bertz CT molecular complexity index is 705. The van der Waals surface area contributed by atoms with Crippen LogP contribution in [0.15, 0.2) is 10.9 Å². The minimum absolute atomic E-state index is 0.0693. The van der Waals surface area contributed by atoms with Gasteiger partial charge in [-0.05, 0) is 31.2 Å². The summed E-state index contributed by atoms with van der Waals surface area (Å²) in [6.07, 6.45) is 1.89. The van der Waals surface area contributed by atoms with Crippen LogP contribution in [-0.4, -0.2) is 33.8 Å². The number of aryl methyl sites for hydroxylation is 1. The van der Waals surface area contributed by atoms with Crippen LogP contribution in [0, 0.1) is 5.92 Å². The van der Waals surface area contributed by atoms with E-state index in [-0.39, 0.29) is 23.7 Å². The van der Waals surface area contributed by atoms with E-state index in [1.165, 1.54) is 6.07 Å². The first-order chi connectivity index (χ1) is 10.8. The Balaban J connectivity index is 2.28. The zero-order chi connectivity index (χ0) is 17.1. The second-order valence-corrected chi connectivity index (χ2v) is 6.17. The molecule has 2 rings (SSSR count). The maximum absolute atomic E-state index is 12.2. The summed E-state index contributed by atoms with van der Waals surface area (Å²) in [5, 5.41) is 11.5. The number of H-pyrrole nitrogens is 1. The van der Waals surface area contributed by atoms with E-state index in [0.717, 1.165) is 0 Å². The standard InChI is InChI=1S/C16H20N2O5/c1-8(2)6-12(16(22)23)18-15(21)10-7-9-11(17-14(10)20)4-3-5-13(9)19/h7-8,12H,3-6H2,1-2H3,(H,17,20)(H,18,21)(H,22,23)/t12-/m0/s1. The number of pyridine rings is 1. The predicted octanol–water partition coefficient (Wildman–Crippen LogP) is 1.12. The Kier molecular flexibility index (Phi) is 4.98. The van der Waals surface area contributed by atoms with Gasteiger partial charge in [0.05, 0.1) is 0 Å². The van der Waals surface area contributed by atoms with Crippen LogP contribution >= 0.6 is 0 Å². The third kappa shape index (κ3) is 3.85. The SMILES string of the molecule is CC(C)C[C@H](NC(=O)c1cc2c([nH]c1=O)CCCC2=O)C(=O)O. The van der Waals surface area contributed by atoms with E-state index in [4.69, 9.17) is 5.11 Å². The summed E-state index contributed by atoms with van der Waals surface area (Å²) in [7, 11) is 0. The molecule has 7 heteroatoms. The molecule has 0 bridgehead atoms. The van der Waals surface area contributed by atoms with Crippen LogP contribution in [0.4, 0.5) is 0 Å². The van der Waals surface area contributed by atoms with Crippen molar-refractivity contribution in [3.8, 4) is 0 Å². The molecule has 1 aliphatic rings. The van der Waals surface area contributed by atoms with Crippen molar-refractivity contribution in [3.63, 3.8) is 0 Å². The average Bonchev–Trinajstić information content (AvgIpc) is 2.45. The molecular weight excluding hydrogens is 300 g/mol. The minimum atomic E-state index is -1.16. The van der Waals surface area contributed by atoms with Gasteiger partial charge >= 0.3 is 5.97 Å². The number of aliphatic carboxylic acids is 1. The zero-order valence-electron chi connectivity index (χ0n) is 13.1. The first kappa shape index (κ1) is 16.9. The van der Waals surface area contributed by atoms with Crippen LogP contribution in [0.25, 0.3) is 0 Å². The maximum Gasteiger partial charge on any atom is 0.326 e. The minimum Gasteiger partial charge on any atom is -0.480 e. The number of carbonyl (C=O) groups is 3. The fourth-order valence-electron chi connectivity index (χ4n) is 2.67. The fraction of sp³-hybridized carbons (Fsp3) is 0.500. The van der Waals surface area contributed by atoms with Gasteiger partial charge in [0.1, 0.15) is 11.6 Å². The number of Topliss-reactive ketones (excluding diaryl/α,β-unsaturated/α-hetero) is 1. The molecule has 0 unspecified atom stereocenters. The van der Waals surface area contributed by atoms with Crippen LogP contribution < -0.4 is 10.9 Å². The van der Waals surface area contributed by atoms with E-state index < -0.39 is 23.5 Å². The van der Waals surface area contributed by atoms with E-state index in [9.17, 15) is 19.2 Å². The Morgan fingerprint density at radius 3 is 2.61 bits per heavy atom. The van der Waals surface area contributed by atoms with Crippen LogP contribution in [0.3, 0.4) is 0 Å². The molecular formula is C16H20N2O5. The van der Waals surface area contributed by atoms with Crippen LogP contribution in [0.5, 0.6) is 0 Å². The molecule has 0 radical (unpaired) electrons. The van der Waals surface area contributed by atoms with Crippen LogP contribution in [0.1, 0.15) is 59.5 Å². The van der Waals surface area contributed by atoms with Crippen molar-refractivity contribution in [3.05, 3.63) is 33.2 Å². The number of aromatic amines is 1. The van der Waals surface area contributed by atoms with Gasteiger partial charge in [0.15, 0.2) is 5.78 Å². The molecule has 124 valence electrons. The number of carboxylic acids is 1. The summed E-state index contributed by atoms with van der Waals surface area (Å²) in [6.45, 7) is 3.68. The molecule has 7 nitrogen and oxygen atoms in total. The maximum atomic E-state index is 12.2. The summed E-state index contributed by atoms with van der Waals surface area (Å²) < 4.78 is 0. The van der Waals surface area contributed by atoms with Crippen molar-refractivity contribution in [2.75, 3.05) is 0 Å². The second-order valence-electron chi connectivity index (χ2n) is 6.17. The zero-order valence-corrected chi connectivity index (χ0v) is 13.1. The van der Waals surface area contributed by atoms with E-state index in [2.05, 4.69) is 10.3 Å². The van der Waals surface area contributed by atoms with Gasteiger partial charge < -0.3 is 15.4 Å². The van der Waals surface area contributed by atoms with Crippen molar-refractivity contribution >= 4 is 17.7 Å². The molecule has 1 heterocycles. The normalized spacial score (nSPS) is 15.2. The highest BCUT2D eigenvalue weighted by atomic mass is 16.4. The fourth-order valence-corrected chi connectivity index (χ4v) is 2.67. The van der Waals surface area contributed by atoms with Crippen molar-refractivity contribution in [2.24, 2.45) is 5.92 Å². The molecule has 0 aromatic carbocycles. The third-order valence-corrected chi connectivity index (χ3v) is 3.81. The lowest BCUT2D eigenvalue weighted by molar-refractivity contribution is -0.139. The van der Waals surface area contributed by atoms with Crippen molar-refractivity contribution < 1.29 is 19.5 Å². The highest BCUT2D eigenvalue weighted by Crippen LogP contribution is 2.18. The summed E-state index contributed by atoms with van der Waals surface area (Å²) in [5.74, 6) is -1.98. The number of carboxylic acid groups (broad SMARTS) is 1. The van der Waals surface area contributed by atoms with Gasteiger partial charge in [-0.1, -0.05) is 13.8 Å². The summed E-state index contributed by atoms with van der Waals surface area (Å²) in [6, 6.07) is 0.202. The number of fused-ring (bicyclic) bond motifs is 1. The lowest BCUT2D eigenvalue weighted by Gasteiger charge is -2.18. The third-order valence-electron chi connectivity index (χ3n) is 3.81. The number of aromatic nitrogens is 1. The Labute approximate surface area is 133 Å². The van der Waals surface area contributed by atoms with Crippen molar-refractivity contribution in [1.82, 2.24) is 10.3 Å². The average molecular weight is 320 g/mol. The monoisotopic (exact) mass is 320 g/mol. The number of nitrogens with one attached hydrogen (secondary N) is 2. The predicted molar refractivity (Wildman–Crippen MR) is 82.7 cm³/mol. The Morgan fingerprint density at radius 1 is 1.30 bits per heavy atom. The number of hydrogen-bond donors (Lipinski definition) is 3. The molecule has 1 aromatic heterocycles. The summed E-state index contributed by atoms with van der Waals surface area (Å²) in [5.41, 5.74) is 0.0511. The van der Waals surface area contributed by atoms with Gasteiger partial charge in [-0.25, -0.2) is 4.79 Å². The largest absolute Gasteiger partial charge is 0.480 e. The number of carbonyl (C=O) groups excluding carboxylic acids is 2. The molecule has 1 aromatic rings. The Morgan fingerprint density at radius 2 is 2.00 bits per heavy atom. The van der Waals surface area contributed by atoms with Crippen LogP contribution in [-0.2, 0) is 11.2 Å². The van der Waals surface area contributed by atoms with Gasteiger partial charge in [-0.15, -0.1) is 0 Å². The lowest BCUT2D eigenvalue weighted by Crippen LogP contribution is -2.43. The Hall–Kier alpha value is -2.44. The summed E-state index contributed by atoms with van der Waals surface area (Å²) in [4.78, 5) is 50.0. The highest BCUT2D eigenvalue weighted by Gasteiger charge is 2.25. The van der Waals surface area contributed by atoms with E-state index in [1.54, 1.807) is 0 Å². The molecule has 0 saturated carbocycles. The van der Waals surface area contributed by atoms with Crippen molar-refractivity contribution in [1.29, 1.82) is 0 Å².